The van der Waals surface area contributed by atoms with Gasteiger partial charge in [-0.15, -0.1) is 0 Å². The summed E-state index contributed by atoms with van der Waals surface area (Å²) in [7, 11) is 0. The van der Waals surface area contributed by atoms with E-state index in [1.165, 1.54) is 0 Å². The van der Waals surface area contributed by atoms with E-state index in [1.807, 2.05) is 24.4 Å². The van der Waals surface area contributed by atoms with Crippen LogP contribution in [-0.2, 0) is 0 Å². The largest absolute Gasteiger partial charge is 0.277 e. The van der Waals surface area contributed by atoms with Gasteiger partial charge >= 0.3 is 0 Å². The number of aromatic amines is 1. The van der Waals surface area contributed by atoms with Crippen LogP contribution in [0.4, 0.5) is 0 Å². The van der Waals surface area contributed by atoms with Crippen molar-refractivity contribution in [1.29, 1.82) is 0 Å². The third-order valence-electron chi connectivity index (χ3n) is 2.24. The molecule has 0 bridgehead atoms. The second-order valence-electron chi connectivity index (χ2n) is 3.26. The van der Waals surface area contributed by atoms with Crippen molar-refractivity contribution in [2.24, 2.45) is 0 Å². The second kappa shape index (κ2) is 4.45. The SMILES string of the molecule is C=C(CBr)c1cn[nH]c1-c1ccccc1. The van der Waals surface area contributed by atoms with Gasteiger partial charge in [-0.3, -0.25) is 5.10 Å². The second-order valence-corrected chi connectivity index (χ2v) is 3.82. The van der Waals surface area contributed by atoms with Gasteiger partial charge < -0.3 is 0 Å². The maximum absolute atomic E-state index is 4.06. The van der Waals surface area contributed by atoms with Crippen LogP contribution < -0.4 is 0 Å². The quantitative estimate of drug-likeness (QED) is 0.844. The minimum atomic E-state index is 0.756. The van der Waals surface area contributed by atoms with Crippen molar-refractivity contribution in [2.75, 3.05) is 5.33 Å². The fraction of sp³-hybridized carbons (Fsp3) is 0.0833. The molecule has 1 aromatic carbocycles. The molecule has 0 saturated carbocycles. The highest BCUT2D eigenvalue weighted by Crippen LogP contribution is 2.26. The zero-order valence-corrected chi connectivity index (χ0v) is 9.79. The molecule has 0 atom stereocenters. The number of benzene rings is 1. The predicted octanol–water partition coefficient (Wildman–Crippen LogP) is 3.48. The van der Waals surface area contributed by atoms with Crippen LogP contribution in [-0.4, -0.2) is 15.5 Å². The van der Waals surface area contributed by atoms with Gasteiger partial charge in [0.15, 0.2) is 0 Å². The normalized spacial score (nSPS) is 10.2. The molecule has 1 aromatic heterocycles. The van der Waals surface area contributed by atoms with Crippen LogP contribution in [0.1, 0.15) is 5.56 Å². The first-order chi connectivity index (χ1) is 7.33. The number of rotatable bonds is 3. The maximum Gasteiger partial charge on any atom is 0.0725 e. The van der Waals surface area contributed by atoms with Crippen molar-refractivity contribution in [2.45, 2.75) is 0 Å². The van der Waals surface area contributed by atoms with Gasteiger partial charge in [0.2, 0.25) is 0 Å². The topological polar surface area (TPSA) is 28.7 Å². The maximum atomic E-state index is 4.06. The molecule has 3 heteroatoms. The average Bonchev–Trinajstić information content (AvgIpc) is 2.78. The molecule has 0 radical (unpaired) electrons. The van der Waals surface area contributed by atoms with Crippen LogP contribution >= 0.6 is 15.9 Å². The monoisotopic (exact) mass is 262 g/mol. The number of hydrogen-bond donors (Lipinski definition) is 1. The molecule has 2 nitrogen and oxygen atoms in total. The molecule has 2 aromatic rings. The molecule has 0 spiro atoms. The molecule has 1 N–H and O–H groups in total. The number of halogens is 1. The van der Waals surface area contributed by atoms with Crippen molar-refractivity contribution >= 4 is 21.5 Å². The molecule has 0 aliphatic heterocycles. The Morgan fingerprint density at radius 2 is 2.07 bits per heavy atom. The molecule has 0 fully saturated rings. The average molecular weight is 263 g/mol. The molecule has 0 unspecified atom stereocenters. The summed E-state index contributed by atoms with van der Waals surface area (Å²) >= 11 is 3.40. The molecule has 0 aliphatic rings. The Balaban J connectivity index is 2.46. The van der Waals surface area contributed by atoms with Gasteiger partial charge in [0.25, 0.3) is 0 Å². The zero-order chi connectivity index (χ0) is 10.7. The summed E-state index contributed by atoms with van der Waals surface area (Å²) in [5.41, 5.74) is 4.26. The fourth-order valence-electron chi connectivity index (χ4n) is 1.45. The molecule has 1 heterocycles. The van der Waals surface area contributed by atoms with Gasteiger partial charge in [-0.25, -0.2) is 0 Å². The first-order valence-corrected chi connectivity index (χ1v) is 5.78. The Morgan fingerprint density at radius 3 is 2.73 bits per heavy atom. The van der Waals surface area contributed by atoms with Gasteiger partial charge in [0.05, 0.1) is 11.9 Å². The van der Waals surface area contributed by atoms with E-state index in [1.54, 1.807) is 0 Å². The lowest BCUT2D eigenvalue weighted by Crippen LogP contribution is -1.86. The molecule has 0 aliphatic carbocycles. The van der Waals surface area contributed by atoms with E-state index in [9.17, 15) is 0 Å². The Labute approximate surface area is 97.2 Å². The highest BCUT2D eigenvalue weighted by atomic mass is 79.9. The molecular formula is C12H11BrN2. The Morgan fingerprint density at radius 1 is 1.33 bits per heavy atom. The van der Waals surface area contributed by atoms with Crippen molar-refractivity contribution < 1.29 is 0 Å². The number of hydrogen-bond acceptors (Lipinski definition) is 1. The van der Waals surface area contributed by atoms with Crippen molar-refractivity contribution in [3.8, 4) is 11.3 Å². The molecule has 15 heavy (non-hydrogen) atoms. The van der Waals surface area contributed by atoms with Gasteiger partial charge in [-0.2, -0.15) is 5.10 Å². The van der Waals surface area contributed by atoms with E-state index < -0.39 is 0 Å². The molecule has 0 saturated heterocycles. The van der Waals surface area contributed by atoms with E-state index in [0.717, 1.165) is 27.7 Å². The zero-order valence-electron chi connectivity index (χ0n) is 8.20. The van der Waals surface area contributed by atoms with Crippen molar-refractivity contribution in [1.82, 2.24) is 10.2 Å². The van der Waals surface area contributed by atoms with Gasteiger partial charge in [0, 0.05) is 16.5 Å². The summed E-state index contributed by atoms with van der Waals surface area (Å²) in [6.07, 6.45) is 1.81. The van der Waals surface area contributed by atoms with Crippen molar-refractivity contribution in [3.05, 3.63) is 48.7 Å². The van der Waals surface area contributed by atoms with E-state index in [0.29, 0.717) is 0 Å². The van der Waals surface area contributed by atoms with Crippen LogP contribution in [0.15, 0.2) is 43.1 Å². The lowest BCUT2D eigenvalue weighted by Gasteiger charge is -2.03. The Kier molecular flexibility index (Phi) is 3.02. The molecular weight excluding hydrogens is 252 g/mol. The molecule has 76 valence electrons. The minimum Gasteiger partial charge on any atom is -0.277 e. The summed E-state index contributed by atoms with van der Waals surface area (Å²) in [4.78, 5) is 0. The van der Waals surface area contributed by atoms with Crippen LogP contribution in [0.25, 0.3) is 16.8 Å². The lowest BCUT2D eigenvalue weighted by atomic mass is 10.0. The third kappa shape index (κ3) is 2.02. The summed E-state index contributed by atoms with van der Waals surface area (Å²) in [6.45, 7) is 3.99. The summed E-state index contributed by atoms with van der Waals surface area (Å²) in [6, 6.07) is 10.1. The number of alkyl halides is 1. The van der Waals surface area contributed by atoms with Crippen LogP contribution in [0.5, 0.6) is 0 Å². The van der Waals surface area contributed by atoms with Gasteiger partial charge in [-0.05, 0) is 5.57 Å². The number of allylic oxidation sites excluding steroid dienone is 1. The number of aromatic nitrogens is 2. The summed E-state index contributed by atoms with van der Waals surface area (Å²) < 4.78 is 0. The van der Waals surface area contributed by atoms with E-state index >= 15 is 0 Å². The van der Waals surface area contributed by atoms with Crippen LogP contribution in [0.2, 0.25) is 0 Å². The van der Waals surface area contributed by atoms with Crippen molar-refractivity contribution in [3.63, 3.8) is 0 Å². The third-order valence-corrected chi connectivity index (χ3v) is 2.92. The first-order valence-electron chi connectivity index (χ1n) is 4.66. The highest BCUT2D eigenvalue weighted by molar-refractivity contribution is 9.09. The number of H-pyrrole nitrogens is 1. The number of nitrogens with zero attached hydrogens (tertiary/aromatic N) is 1. The smallest absolute Gasteiger partial charge is 0.0725 e. The molecule has 0 amide bonds. The van der Waals surface area contributed by atoms with Crippen LogP contribution in [0.3, 0.4) is 0 Å². The lowest BCUT2D eigenvalue weighted by molar-refractivity contribution is 1.10. The standard InChI is InChI=1S/C12H11BrN2/c1-9(7-13)11-8-14-15-12(11)10-5-3-2-4-6-10/h2-6,8H,1,7H2,(H,14,15). The fourth-order valence-corrected chi connectivity index (χ4v) is 1.75. The molecule has 2 rings (SSSR count). The van der Waals surface area contributed by atoms with Crippen LogP contribution in [0, 0.1) is 0 Å². The number of nitrogens with one attached hydrogen (secondary N) is 1. The first kappa shape index (κ1) is 10.2. The Bertz CT molecular complexity index is 459. The van der Waals surface area contributed by atoms with E-state index in [2.05, 4.69) is 44.8 Å². The van der Waals surface area contributed by atoms with E-state index in [-0.39, 0.29) is 0 Å². The van der Waals surface area contributed by atoms with Gasteiger partial charge in [-0.1, -0.05) is 52.8 Å². The minimum absolute atomic E-state index is 0.756. The summed E-state index contributed by atoms with van der Waals surface area (Å²) in [5, 5.41) is 7.82. The Hall–Kier alpha value is -1.35. The predicted molar refractivity (Wildman–Crippen MR) is 66.9 cm³/mol. The van der Waals surface area contributed by atoms with E-state index in [4.69, 9.17) is 0 Å². The van der Waals surface area contributed by atoms with Gasteiger partial charge in [0.1, 0.15) is 0 Å². The highest BCUT2D eigenvalue weighted by Gasteiger charge is 2.08. The summed E-state index contributed by atoms with van der Waals surface area (Å²) in [5.74, 6) is 0.